The SMILES string of the molecule is FC(F)c1ccc(CNc2cc(Cl)c(Cl)cc2Cl)cc1. The molecule has 2 aromatic carbocycles. The maximum absolute atomic E-state index is 12.4. The minimum Gasteiger partial charge on any atom is -0.380 e. The van der Waals surface area contributed by atoms with E-state index in [9.17, 15) is 8.78 Å². The summed E-state index contributed by atoms with van der Waals surface area (Å²) >= 11 is 17.8. The van der Waals surface area contributed by atoms with E-state index in [-0.39, 0.29) is 5.56 Å². The van der Waals surface area contributed by atoms with Gasteiger partial charge in [0, 0.05) is 12.1 Å². The van der Waals surface area contributed by atoms with Gasteiger partial charge in [-0.3, -0.25) is 0 Å². The van der Waals surface area contributed by atoms with Crippen LogP contribution in [0.25, 0.3) is 0 Å². The number of alkyl halides is 2. The largest absolute Gasteiger partial charge is 0.380 e. The lowest BCUT2D eigenvalue weighted by molar-refractivity contribution is 0.151. The molecule has 0 radical (unpaired) electrons. The molecule has 0 aliphatic rings. The Balaban J connectivity index is 2.07. The molecule has 1 N–H and O–H groups in total. The molecule has 0 bridgehead atoms. The fraction of sp³-hybridized carbons (Fsp3) is 0.143. The Morgan fingerprint density at radius 1 is 0.900 bits per heavy atom. The van der Waals surface area contributed by atoms with Crippen molar-refractivity contribution in [2.45, 2.75) is 13.0 Å². The van der Waals surface area contributed by atoms with E-state index in [2.05, 4.69) is 5.32 Å². The van der Waals surface area contributed by atoms with Gasteiger partial charge in [0.2, 0.25) is 0 Å². The van der Waals surface area contributed by atoms with Crippen LogP contribution in [-0.2, 0) is 6.54 Å². The molecule has 106 valence electrons. The molecule has 6 heteroatoms. The molecule has 0 fully saturated rings. The van der Waals surface area contributed by atoms with Crippen LogP contribution in [0.15, 0.2) is 36.4 Å². The molecule has 0 aliphatic carbocycles. The van der Waals surface area contributed by atoms with Gasteiger partial charge in [-0.2, -0.15) is 0 Å². The topological polar surface area (TPSA) is 12.0 Å². The first-order chi connectivity index (χ1) is 9.47. The van der Waals surface area contributed by atoms with Crippen LogP contribution < -0.4 is 5.32 Å². The summed E-state index contributed by atoms with van der Waals surface area (Å²) in [6.07, 6.45) is -2.46. The van der Waals surface area contributed by atoms with E-state index in [1.165, 1.54) is 12.1 Å². The molecule has 0 atom stereocenters. The summed E-state index contributed by atoms with van der Waals surface area (Å²) in [4.78, 5) is 0. The molecule has 0 spiro atoms. The van der Waals surface area contributed by atoms with Crippen molar-refractivity contribution in [3.63, 3.8) is 0 Å². The average Bonchev–Trinajstić information content (AvgIpc) is 2.42. The Labute approximate surface area is 130 Å². The fourth-order valence-corrected chi connectivity index (χ4v) is 2.25. The van der Waals surface area contributed by atoms with Gasteiger partial charge >= 0.3 is 0 Å². The van der Waals surface area contributed by atoms with Gasteiger partial charge in [0.25, 0.3) is 6.43 Å². The van der Waals surface area contributed by atoms with Crippen LogP contribution in [0, 0.1) is 0 Å². The van der Waals surface area contributed by atoms with Gasteiger partial charge in [0.1, 0.15) is 0 Å². The predicted molar refractivity (Wildman–Crippen MR) is 80.2 cm³/mol. The van der Waals surface area contributed by atoms with E-state index in [1.54, 1.807) is 24.3 Å². The second-order valence-corrected chi connectivity index (χ2v) is 5.36. The maximum Gasteiger partial charge on any atom is 0.263 e. The molecular formula is C14H10Cl3F2N. The maximum atomic E-state index is 12.4. The van der Waals surface area contributed by atoms with Gasteiger partial charge in [-0.15, -0.1) is 0 Å². The predicted octanol–water partition coefficient (Wildman–Crippen LogP) is 6.20. The standard InChI is InChI=1S/C14H10Cl3F2N/c15-10-5-12(17)13(6-11(10)16)20-7-8-1-3-9(4-2-8)14(18)19/h1-6,14,20H,7H2. The molecule has 20 heavy (non-hydrogen) atoms. The van der Waals surface area contributed by atoms with Crippen molar-refractivity contribution >= 4 is 40.5 Å². The molecular weight excluding hydrogens is 327 g/mol. The van der Waals surface area contributed by atoms with Crippen LogP contribution in [-0.4, -0.2) is 0 Å². The van der Waals surface area contributed by atoms with Crippen molar-refractivity contribution in [1.29, 1.82) is 0 Å². The van der Waals surface area contributed by atoms with E-state index < -0.39 is 6.43 Å². The number of rotatable bonds is 4. The third kappa shape index (κ3) is 3.75. The minimum absolute atomic E-state index is 0.00122. The van der Waals surface area contributed by atoms with Gasteiger partial charge in [0.15, 0.2) is 0 Å². The first-order valence-corrected chi connectivity index (χ1v) is 6.86. The van der Waals surface area contributed by atoms with Crippen molar-refractivity contribution in [1.82, 2.24) is 0 Å². The lowest BCUT2D eigenvalue weighted by Gasteiger charge is -2.10. The Kier molecular flexibility index (Phi) is 5.08. The summed E-state index contributed by atoms with van der Waals surface area (Å²) in [7, 11) is 0. The van der Waals surface area contributed by atoms with E-state index in [0.29, 0.717) is 27.3 Å². The molecule has 0 aliphatic heterocycles. The second-order valence-electron chi connectivity index (χ2n) is 4.14. The van der Waals surface area contributed by atoms with Gasteiger partial charge in [-0.05, 0) is 17.7 Å². The number of hydrogen-bond donors (Lipinski definition) is 1. The number of halogens is 5. The van der Waals surface area contributed by atoms with E-state index in [1.807, 2.05) is 0 Å². The summed E-state index contributed by atoms with van der Waals surface area (Å²) in [6, 6.07) is 9.25. The smallest absolute Gasteiger partial charge is 0.263 e. The highest BCUT2D eigenvalue weighted by atomic mass is 35.5. The summed E-state index contributed by atoms with van der Waals surface area (Å²) in [5, 5.41) is 4.30. The molecule has 0 aromatic heterocycles. The van der Waals surface area contributed by atoms with Crippen molar-refractivity contribution in [3.05, 3.63) is 62.6 Å². The Hall–Kier alpha value is -1.03. The van der Waals surface area contributed by atoms with Crippen molar-refractivity contribution < 1.29 is 8.78 Å². The zero-order chi connectivity index (χ0) is 14.7. The number of benzene rings is 2. The lowest BCUT2D eigenvalue weighted by atomic mass is 10.1. The lowest BCUT2D eigenvalue weighted by Crippen LogP contribution is -2.00. The number of anilines is 1. The van der Waals surface area contributed by atoms with Gasteiger partial charge in [-0.1, -0.05) is 59.1 Å². The quantitative estimate of drug-likeness (QED) is 0.656. The van der Waals surface area contributed by atoms with Gasteiger partial charge in [0.05, 0.1) is 20.8 Å². The minimum atomic E-state index is -2.46. The number of hydrogen-bond acceptors (Lipinski definition) is 1. The molecule has 0 unspecified atom stereocenters. The van der Waals surface area contributed by atoms with Crippen LogP contribution in [0.5, 0.6) is 0 Å². The van der Waals surface area contributed by atoms with Crippen LogP contribution >= 0.6 is 34.8 Å². The summed E-state index contributed by atoms with van der Waals surface area (Å²) in [5.41, 5.74) is 1.50. The summed E-state index contributed by atoms with van der Waals surface area (Å²) in [6.45, 7) is 0.446. The Bertz CT molecular complexity index is 600. The van der Waals surface area contributed by atoms with E-state index in [4.69, 9.17) is 34.8 Å². The van der Waals surface area contributed by atoms with Crippen molar-refractivity contribution in [2.24, 2.45) is 0 Å². The summed E-state index contributed by atoms with van der Waals surface area (Å²) < 4.78 is 24.8. The average molecular weight is 337 g/mol. The summed E-state index contributed by atoms with van der Waals surface area (Å²) in [5.74, 6) is 0. The van der Waals surface area contributed by atoms with Crippen LogP contribution in [0.4, 0.5) is 14.5 Å². The zero-order valence-corrected chi connectivity index (χ0v) is 12.4. The van der Waals surface area contributed by atoms with Crippen LogP contribution in [0.1, 0.15) is 17.6 Å². The second kappa shape index (κ2) is 6.61. The Morgan fingerprint density at radius 2 is 1.50 bits per heavy atom. The molecule has 0 saturated carbocycles. The molecule has 0 saturated heterocycles. The van der Waals surface area contributed by atoms with E-state index in [0.717, 1.165) is 5.56 Å². The first-order valence-electron chi connectivity index (χ1n) is 5.73. The first kappa shape index (κ1) is 15.4. The molecule has 1 nitrogen and oxygen atoms in total. The van der Waals surface area contributed by atoms with Gasteiger partial charge in [-0.25, -0.2) is 8.78 Å². The highest BCUT2D eigenvalue weighted by molar-refractivity contribution is 6.44. The third-order valence-corrected chi connectivity index (χ3v) is 3.76. The van der Waals surface area contributed by atoms with E-state index >= 15 is 0 Å². The number of nitrogens with one attached hydrogen (secondary N) is 1. The van der Waals surface area contributed by atoms with Crippen LogP contribution in [0.2, 0.25) is 15.1 Å². The highest BCUT2D eigenvalue weighted by Gasteiger charge is 2.07. The highest BCUT2D eigenvalue weighted by Crippen LogP contribution is 2.32. The van der Waals surface area contributed by atoms with Crippen molar-refractivity contribution in [2.75, 3.05) is 5.32 Å². The fourth-order valence-electron chi connectivity index (χ4n) is 1.64. The molecule has 0 heterocycles. The normalized spacial score (nSPS) is 10.9. The molecule has 2 aromatic rings. The monoisotopic (exact) mass is 335 g/mol. The molecule has 2 rings (SSSR count). The third-order valence-electron chi connectivity index (χ3n) is 2.72. The Morgan fingerprint density at radius 3 is 2.10 bits per heavy atom. The van der Waals surface area contributed by atoms with Crippen molar-refractivity contribution in [3.8, 4) is 0 Å². The van der Waals surface area contributed by atoms with Crippen LogP contribution in [0.3, 0.4) is 0 Å². The van der Waals surface area contributed by atoms with Gasteiger partial charge < -0.3 is 5.32 Å². The zero-order valence-electron chi connectivity index (χ0n) is 10.1. The molecule has 0 amide bonds.